The van der Waals surface area contributed by atoms with Crippen LogP contribution < -0.4 is 10.7 Å². The van der Waals surface area contributed by atoms with E-state index in [0.29, 0.717) is 11.8 Å². The van der Waals surface area contributed by atoms with E-state index < -0.39 is 0 Å². The lowest BCUT2D eigenvalue weighted by molar-refractivity contribution is -0.115. The van der Waals surface area contributed by atoms with E-state index in [1.807, 2.05) is 49.7 Å². The fourth-order valence-corrected chi connectivity index (χ4v) is 1.94. The van der Waals surface area contributed by atoms with Crippen molar-refractivity contribution in [3.8, 4) is 0 Å². The quantitative estimate of drug-likeness (QED) is 0.835. The Morgan fingerprint density at radius 1 is 1.39 bits per heavy atom. The molecule has 2 rings (SSSR count). The summed E-state index contributed by atoms with van der Waals surface area (Å²) in [6.45, 7) is 3.79. The van der Waals surface area contributed by atoms with E-state index in [0.717, 1.165) is 22.3 Å². The van der Waals surface area contributed by atoms with Crippen LogP contribution in [-0.2, 0) is 11.8 Å². The van der Waals surface area contributed by atoms with Crippen LogP contribution in [0.2, 0.25) is 0 Å². The first-order chi connectivity index (χ1) is 8.52. The molecule has 0 unspecified atom stereocenters. The number of hydrogen-bond acceptors (Lipinski definition) is 2. The lowest BCUT2D eigenvalue weighted by atomic mass is 10.1. The zero-order chi connectivity index (χ0) is 13.3. The van der Waals surface area contributed by atoms with Gasteiger partial charge in [0.15, 0.2) is 0 Å². The molecule has 0 aliphatic rings. The molecule has 18 heavy (non-hydrogen) atoms. The number of aryl methyl sites for hydroxylation is 2. The molecule has 0 spiro atoms. The van der Waals surface area contributed by atoms with Gasteiger partial charge in [0.05, 0.1) is 10.9 Å². The number of nitrogens with one attached hydrogen (secondary N) is 2. The normalized spacial score (nSPS) is 10.6. The van der Waals surface area contributed by atoms with Crippen molar-refractivity contribution in [3.63, 3.8) is 0 Å². The van der Waals surface area contributed by atoms with Crippen molar-refractivity contribution in [1.29, 1.82) is 5.41 Å². The molecule has 1 aromatic carbocycles. The summed E-state index contributed by atoms with van der Waals surface area (Å²) in [5, 5.41) is 12.1. The van der Waals surface area contributed by atoms with Crippen LogP contribution in [0, 0.1) is 12.3 Å². The molecule has 4 heteroatoms. The Morgan fingerprint density at radius 2 is 2.11 bits per heavy atom. The van der Waals surface area contributed by atoms with Crippen molar-refractivity contribution >= 4 is 22.5 Å². The van der Waals surface area contributed by atoms with E-state index in [1.54, 1.807) is 0 Å². The fraction of sp³-hybridized carbons (Fsp3) is 0.286. The SMILES string of the molecule is CCC(=O)Nc1ccc2c(c1)c(=N)cc(C)n2C. The molecule has 1 amide bonds. The van der Waals surface area contributed by atoms with Gasteiger partial charge in [0.25, 0.3) is 0 Å². The minimum atomic E-state index is -0.0163. The summed E-state index contributed by atoms with van der Waals surface area (Å²) in [7, 11) is 1.97. The second-order valence-electron chi connectivity index (χ2n) is 4.39. The van der Waals surface area contributed by atoms with Gasteiger partial charge in [-0.25, -0.2) is 0 Å². The fourth-order valence-electron chi connectivity index (χ4n) is 1.94. The van der Waals surface area contributed by atoms with Gasteiger partial charge in [-0.2, -0.15) is 0 Å². The molecule has 1 heterocycles. The Hall–Kier alpha value is -2.10. The van der Waals surface area contributed by atoms with Gasteiger partial charge in [0.2, 0.25) is 5.91 Å². The van der Waals surface area contributed by atoms with Gasteiger partial charge in [-0.1, -0.05) is 6.92 Å². The van der Waals surface area contributed by atoms with Crippen LogP contribution in [0.15, 0.2) is 24.3 Å². The molecule has 94 valence electrons. The predicted octanol–water partition coefficient (Wildman–Crippen LogP) is 2.31. The molecule has 2 aromatic rings. The number of pyridine rings is 1. The van der Waals surface area contributed by atoms with Crippen LogP contribution in [-0.4, -0.2) is 10.5 Å². The second-order valence-corrected chi connectivity index (χ2v) is 4.39. The summed E-state index contributed by atoms with van der Waals surface area (Å²) in [6, 6.07) is 7.48. The summed E-state index contributed by atoms with van der Waals surface area (Å²) in [6.07, 6.45) is 0.452. The summed E-state index contributed by atoms with van der Waals surface area (Å²) in [5.41, 5.74) is 2.78. The topological polar surface area (TPSA) is 57.9 Å². The van der Waals surface area contributed by atoms with E-state index in [4.69, 9.17) is 5.41 Å². The number of carbonyl (C=O) groups is 1. The summed E-state index contributed by atoms with van der Waals surface area (Å²) >= 11 is 0. The monoisotopic (exact) mass is 243 g/mol. The van der Waals surface area contributed by atoms with Gasteiger partial charge in [-0.3, -0.25) is 4.79 Å². The van der Waals surface area contributed by atoms with Crippen LogP contribution in [0.3, 0.4) is 0 Å². The molecule has 0 radical (unpaired) electrons. The minimum absolute atomic E-state index is 0.0163. The number of nitrogens with zero attached hydrogens (tertiary/aromatic N) is 1. The molecule has 4 nitrogen and oxygen atoms in total. The van der Waals surface area contributed by atoms with Crippen molar-refractivity contribution in [2.75, 3.05) is 5.32 Å². The number of carbonyl (C=O) groups excluding carboxylic acids is 1. The summed E-state index contributed by atoms with van der Waals surface area (Å²) in [4.78, 5) is 11.4. The predicted molar refractivity (Wildman–Crippen MR) is 72.4 cm³/mol. The highest BCUT2D eigenvalue weighted by atomic mass is 16.1. The average Bonchev–Trinajstić information content (AvgIpc) is 2.36. The van der Waals surface area contributed by atoms with Crippen LogP contribution in [0.5, 0.6) is 0 Å². The highest BCUT2D eigenvalue weighted by molar-refractivity contribution is 5.93. The Kier molecular flexibility index (Phi) is 3.19. The number of rotatable bonds is 2. The molecule has 0 aliphatic carbocycles. The zero-order valence-corrected chi connectivity index (χ0v) is 10.9. The van der Waals surface area contributed by atoms with Crippen LogP contribution in [0.1, 0.15) is 19.0 Å². The molecule has 0 aliphatic heterocycles. The van der Waals surface area contributed by atoms with Crippen LogP contribution in [0.25, 0.3) is 10.9 Å². The Labute approximate surface area is 106 Å². The van der Waals surface area contributed by atoms with Gasteiger partial charge in [-0.05, 0) is 31.2 Å². The van der Waals surface area contributed by atoms with Crippen molar-refractivity contribution < 1.29 is 4.79 Å². The van der Waals surface area contributed by atoms with E-state index in [1.165, 1.54) is 0 Å². The molecule has 0 saturated carbocycles. The van der Waals surface area contributed by atoms with Crippen molar-refractivity contribution in [1.82, 2.24) is 4.57 Å². The van der Waals surface area contributed by atoms with Gasteiger partial charge in [-0.15, -0.1) is 0 Å². The maximum atomic E-state index is 11.4. The molecule has 2 N–H and O–H groups in total. The first-order valence-electron chi connectivity index (χ1n) is 5.97. The maximum Gasteiger partial charge on any atom is 0.224 e. The van der Waals surface area contributed by atoms with E-state index in [2.05, 4.69) is 5.32 Å². The van der Waals surface area contributed by atoms with Crippen molar-refractivity contribution in [2.24, 2.45) is 7.05 Å². The molecule has 1 aromatic heterocycles. The third-order valence-corrected chi connectivity index (χ3v) is 3.14. The first kappa shape index (κ1) is 12.4. The van der Waals surface area contributed by atoms with Crippen molar-refractivity contribution in [3.05, 3.63) is 35.3 Å². The van der Waals surface area contributed by atoms with Gasteiger partial charge in [0.1, 0.15) is 0 Å². The third-order valence-electron chi connectivity index (χ3n) is 3.14. The number of anilines is 1. The van der Waals surface area contributed by atoms with E-state index >= 15 is 0 Å². The number of aromatic nitrogens is 1. The van der Waals surface area contributed by atoms with E-state index in [9.17, 15) is 4.79 Å². The number of hydrogen-bond donors (Lipinski definition) is 2. The van der Waals surface area contributed by atoms with Gasteiger partial charge < -0.3 is 15.3 Å². The maximum absolute atomic E-state index is 11.4. The molecule has 0 fully saturated rings. The Morgan fingerprint density at radius 3 is 2.78 bits per heavy atom. The standard InChI is InChI=1S/C14H17N3O/c1-4-14(18)16-10-5-6-13-11(8-10)12(15)7-9(2)17(13)3/h5-8,15H,4H2,1-3H3,(H,16,18). The first-order valence-corrected chi connectivity index (χ1v) is 5.97. The lowest BCUT2D eigenvalue weighted by Crippen LogP contribution is -2.12. The van der Waals surface area contributed by atoms with Crippen molar-refractivity contribution in [2.45, 2.75) is 20.3 Å². The largest absolute Gasteiger partial charge is 0.348 e. The summed E-state index contributed by atoms with van der Waals surface area (Å²) in [5.74, 6) is -0.0163. The average molecular weight is 243 g/mol. The van der Waals surface area contributed by atoms with Gasteiger partial charge >= 0.3 is 0 Å². The van der Waals surface area contributed by atoms with E-state index in [-0.39, 0.29) is 5.91 Å². The molecular weight excluding hydrogens is 226 g/mol. The van der Waals surface area contributed by atoms with Crippen LogP contribution >= 0.6 is 0 Å². The second kappa shape index (κ2) is 4.64. The zero-order valence-electron chi connectivity index (χ0n) is 10.9. The number of benzene rings is 1. The molecule has 0 atom stereocenters. The Bertz CT molecular complexity index is 671. The summed E-state index contributed by atoms with van der Waals surface area (Å²) < 4.78 is 2.04. The minimum Gasteiger partial charge on any atom is -0.348 e. The molecule has 0 bridgehead atoms. The number of amides is 1. The lowest BCUT2D eigenvalue weighted by Gasteiger charge is -2.11. The third kappa shape index (κ3) is 2.14. The van der Waals surface area contributed by atoms with Gasteiger partial charge in [0, 0.05) is 30.2 Å². The highest BCUT2D eigenvalue weighted by Gasteiger charge is 2.04. The van der Waals surface area contributed by atoms with Crippen LogP contribution in [0.4, 0.5) is 5.69 Å². The Balaban J connectivity index is 2.59. The molecular formula is C14H17N3O. The number of fused-ring (bicyclic) bond motifs is 1. The highest BCUT2D eigenvalue weighted by Crippen LogP contribution is 2.17. The molecule has 0 saturated heterocycles. The smallest absolute Gasteiger partial charge is 0.224 e.